The minimum atomic E-state index is -1.21. The van der Waals surface area contributed by atoms with Gasteiger partial charge in [-0.05, 0) is 18.2 Å². The lowest BCUT2D eigenvalue weighted by atomic mass is 10.3. The Hall–Kier alpha value is -2.31. The monoisotopic (exact) mass is 336 g/mol. The van der Waals surface area contributed by atoms with Crippen LogP contribution in [0.1, 0.15) is 10.5 Å². The molecule has 0 atom stereocenters. The van der Waals surface area contributed by atoms with Crippen molar-refractivity contribution >= 4 is 46.3 Å². The van der Waals surface area contributed by atoms with E-state index in [2.05, 4.69) is 10.1 Å². The molecule has 0 spiro atoms. The minimum absolute atomic E-state index is 0.00177. The SMILES string of the molecule is CN(c1ccccc1Cl)c1ccnc2c(Cl)c(C(=O)O)nn12. The first-order chi connectivity index (χ1) is 10.5. The van der Waals surface area contributed by atoms with E-state index in [1.165, 1.54) is 10.7 Å². The number of carboxylic acids is 1. The third kappa shape index (κ3) is 2.26. The predicted molar refractivity (Wildman–Crippen MR) is 84.5 cm³/mol. The van der Waals surface area contributed by atoms with Gasteiger partial charge in [0.05, 0.1) is 10.7 Å². The van der Waals surface area contributed by atoms with Crippen molar-refractivity contribution in [2.24, 2.45) is 0 Å². The number of carboxylic acid groups (broad SMARTS) is 1. The molecule has 8 heteroatoms. The number of aromatic nitrogens is 3. The lowest BCUT2D eigenvalue weighted by Gasteiger charge is -2.20. The van der Waals surface area contributed by atoms with Crippen molar-refractivity contribution in [1.29, 1.82) is 0 Å². The third-order valence-corrected chi connectivity index (χ3v) is 3.87. The van der Waals surface area contributed by atoms with Crippen molar-refractivity contribution in [3.05, 3.63) is 52.3 Å². The maximum absolute atomic E-state index is 11.2. The largest absolute Gasteiger partial charge is 0.476 e. The second-order valence-electron chi connectivity index (χ2n) is 4.52. The quantitative estimate of drug-likeness (QED) is 0.792. The Kier molecular flexibility index (Phi) is 3.64. The Balaban J connectivity index is 2.21. The van der Waals surface area contributed by atoms with Crippen LogP contribution in [0.5, 0.6) is 0 Å². The molecule has 3 rings (SSSR count). The van der Waals surface area contributed by atoms with Crippen molar-refractivity contribution in [1.82, 2.24) is 14.6 Å². The molecule has 2 aromatic heterocycles. The molecule has 0 bridgehead atoms. The summed E-state index contributed by atoms with van der Waals surface area (Å²) in [6, 6.07) is 9.00. The average molecular weight is 337 g/mol. The van der Waals surface area contributed by atoms with E-state index in [1.54, 1.807) is 24.1 Å². The first kappa shape index (κ1) is 14.6. The zero-order valence-corrected chi connectivity index (χ0v) is 12.9. The van der Waals surface area contributed by atoms with E-state index in [1.807, 2.05) is 18.2 Å². The smallest absolute Gasteiger partial charge is 0.358 e. The van der Waals surface area contributed by atoms with Gasteiger partial charge < -0.3 is 10.0 Å². The molecule has 0 aliphatic heterocycles. The van der Waals surface area contributed by atoms with Gasteiger partial charge in [0.25, 0.3) is 0 Å². The van der Waals surface area contributed by atoms with Crippen LogP contribution in [0, 0.1) is 0 Å². The summed E-state index contributed by atoms with van der Waals surface area (Å²) in [6.45, 7) is 0. The molecular formula is C14H10Cl2N4O2. The topological polar surface area (TPSA) is 70.7 Å². The predicted octanol–water partition coefficient (Wildman–Crippen LogP) is 3.50. The van der Waals surface area contributed by atoms with E-state index >= 15 is 0 Å². The van der Waals surface area contributed by atoms with Crippen LogP contribution in [-0.2, 0) is 0 Å². The molecule has 0 saturated heterocycles. The number of rotatable bonds is 3. The maximum atomic E-state index is 11.2. The number of halogens is 2. The van der Waals surface area contributed by atoms with Gasteiger partial charge in [0.2, 0.25) is 0 Å². The number of fused-ring (bicyclic) bond motifs is 1. The molecule has 0 fully saturated rings. The zero-order chi connectivity index (χ0) is 15.9. The van der Waals surface area contributed by atoms with Gasteiger partial charge in [-0.15, -0.1) is 0 Å². The van der Waals surface area contributed by atoms with Gasteiger partial charge >= 0.3 is 5.97 Å². The molecule has 0 aliphatic carbocycles. The number of carbonyl (C=O) groups is 1. The second kappa shape index (κ2) is 5.47. The second-order valence-corrected chi connectivity index (χ2v) is 5.30. The van der Waals surface area contributed by atoms with Gasteiger partial charge in [-0.2, -0.15) is 9.61 Å². The van der Waals surface area contributed by atoms with Crippen LogP contribution in [0.2, 0.25) is 10.0 Å². The summed E-state index contributed by atoms with van der Waals surface area (Å²) in [5.74, 6) is -0.616. The molecule has 0 saturated carbocycles. The van der Waals surface area contributed by atoms with Crippen molar-refractivity contribution in [2.75, 3.05) is 11.9 Å². The Morgan fingerprint density at radius 3 is 2.68 bits per heavy atom. The number of para-hydroxylation sites is 1. The van der Waals surface area contributed by atoms with Crippen LogP contribution in [0.4, 0.5) is 11.5 Å². The highest BCUT2D eigenvalue weighted by atomic mass is 35.5. The van der Waals surface area contributed by atoms with E-state index in [-0.39, 0.29) is 16.4 Å². The van der Waals surface area contributed by atoms with Crippen molar-refractivity contribution < 1.29 is 9.90 Å². The first-order valence-corrected chi connectivity index (χ1v) is 7.01. The van der Waals surface area contributed by atoms with Crippen LogP contribution in [-0.4, -0.2) is 32.7 Å². The molecule has 2 heterocycles. The number of hydrogen-bond donors (Lipinski definition) is 1. The summed E-state index contributed by atoms with van der Waals surface area (Å²) in [7, 11) is 1.80. The molecular weight excluding hydrogens is 327 g/mol. The van der Waals surface area contributed by atoms with E-state index < -0.39 is 5.97 Å². The van der Waals surface area contributed by atoms with Crippen molar-refractivity contribution in [3.8, 4) is 0 Å². The summed E-state index contributed by atoms with van der Waals surface area (Å²) in [6.07, 6.45) is 1.54. The zero-order valence-electron chi connectivity index (χ0n) is 11.4. The van der Waals surface area contributed by atoms with E-state index in [4.69, 9.17) is 28.3 Å². The average Bonchev–Trinajstić information content (AvgIpc) is 2.85. The van der Waals surface area contributed by atoms with Gasteiger partial charge in [0, 0.05) is 13.2 Å². The van der Waals surface area contributed by atoms with Gasteiger partial charge in [-0.25, -0.2) is 9.78 Å². The van der Waals surface area contributed by atoms with E-state index in [9.17, 15) is 4.79 Å². The highest BCUT2D eigenvalue weighted by Gasteiger charge is 2.21. The summed E-state index contributed by atoms with van der Waals surface area (Å²) in [5.41, 5.74) is 0.782. The fourth-order valence-corrected chi connectivity index (χ4v) is 2.65. The number of aromatic carboxylic acids is 1. The molecule has 0 amide bonds. The number of hydrogen-bond acceptors (Lipinski definition) is 4. The first-order valence-electron chi connectivity index (χ1n) is 6.25. The van der Waals surface area contributed by atoms with Gasteiger partial charge in [0.1, 0.15) is 10.8 Å². The lowest BCUT2D eigenvalue weighted by molar-refractivity contribution is 0.0690. The number of benzene rings is 1. The van der Waals surface area contributed by atoms with Crippen LogP contribution in [0.3, 0.4) is 0 Å². The fourth-order valence-electron chi connectivity index (χ4n) is 2.14. The molecule has 0 radical (unpaired) electrons. The third-order valence-electron chi connectivity index (χ3n) is 3.20. The minimum Gasteiger partial charge on any atom is -0.476 e. The van der Waals surface area contributed by atoms with Crippen LogP contribution in [0.15, 0.2) is 36.5 Å². The fraction of sp³-hybridized carbons (Fsp3) is 0.0714. The van der Waals surface area contributed by atoms with Gasteiger partial charge in [-0.3, -0.25) is 0 Å². The Bertz CT molecular complexity index is 878. The van der Waals surface area contributed by atoms with E-state index in [0.717, 1.165) is 5.69 Å². The molecule has 0 unspecified atom stereocenters. The van der Waals surface area contributed by atoms with Crippen LogP contribution >= 0.6 is 23.2 Å². The molecule has 0 aliphatic rings. The van der Waals surface area contributed by atoms with Crippen molar-refractivity contribution in [2.45, 2.75) is 0 Å². The van der Waals surface area contributed by atoms with E-state index in [0.29, 0.717) is 10.8 Å². The maximum Gasteiger partial charge on any atom is 0.358 e. The summed E-state index contributed by atoms with van der Waals surface area (Å²) >= 11 is 12.2. The lowest BCUT2D eigenvalue weighted by Crippen LogP contribution is -2.14. The molecule has 112 valence electrons. The summed E-state index contributed by atoms with van der Waals surface area (Å²) < 4.78 is 1.38. The Morgan fingerprint density at radius 2 is 2.00 bits per heavy atom. The van der Waals surface area contributed by atoms with Crippen molar-refractivity contribution in [3.63, 3.8) is 0 Å². The van der Waals surface area contributed by atoms with Crippen LogP contribution in [0.25, 0.3) is 5.65 Å². The van der Waals surface area contributed by atoms with Crippen LogP contribution < -0.4 is 4.90 Å². The molecule has 3 aromatic rings. The Morgan fingerprint density at radius 1 is 1.27 bits per heavy atom. The normalized spacial score (nSPS) is 10.9. The molecule has 1 aromatic carbocycles. The summed E-state index contributed by atoms with van der Waals surface area (Å²) in [4.78, 5) is 17.0. The molecule has 22 heavy (non-hydrogen) atoms. The Labute approximate surface area is 135 Å². The highest BCUT2D eigenvalue weighted by Crippen LogP contribution is 2.31. The number of anilines is 2. The van der Waals surface area contributed by atoms with Gasteiger partial charge in [0.15, 0.2) is 11.3 Å². The standard InChI is InChI=1S/C14H10Cl2N4O2/c1-19(9-5-3-2-4-8(9)15)10-6-7-17-13-11(16)12(14(21)22)18-20(10)13/h2-7H,1H3,(H,21,22). The van der Waals surface area contributed by atoms with Gasteiger partial charge in [-0.1, -0.05) is 35.3 Å². The number of nitrogens with zero attached hydrogens (tertiary/aromatic N) is 4. The molecule has 6 nitrogen and oxygen atoms in total. The molecule has 1 N–H and O–H groups in total. The highest BCUT2D eigenvalue weighted by molar-refractivity contribution is 6.36. The summed E-state index contributed by atoms with van der Waals surface area (Å²) in [5, 5.41) is 13.7.